The summed E-state index contributed by atoms with van der Waals surface area (Å²) < 4.78 is 0. The summed E-state index contributed by atoms with van der Waals surface area (Å²) in [7, 11) is 0. The van der Waals surface area contributed by atoms with Crippen LogP contribution in [0.25, 0.3) is 0 Å². The van der Waals surface area contributed by atoms with Crippen molar-refractivity contribution in [3.8, 4) is 0 Å². The molecule has 4 aliphatic rings. The van der Waals surface area contributed by atoms with E-state index in [2.05, 4.69) is 24.1 Å². The van der Waals surface area contributed by atoms with Crippen molar-refractivity contribution in [2.45, 2.75) is 64.0 Å². The zero-order valence-corrected chi connectivity index (χ0v) is 16.6. The number of carbonyl (C=O) groups is 3. The van der Waals surface area contributed by atoms with Gasteiger partial charge in [0, 0.05) is 44.7 Å². The van der Waals surface area contributed by atoms with E-state index >= 15 is 0 Å². The minimum absolute atomic E-state index is 0.0383. The van der Waals surface area contributed by atoms with Crippen LogP contribution in [0.3, 0.4) is 0 Å². The van der Waals surface area contributed by atoms with Gasteiger partial charge in [-0.2, -0.15) is 0 Å². The van der Waals surface area contributed by atoms with Crippen LogP contribution in [0.4, 0.5) is 4.79 Å². The summed E-state index contributed by atoms with van der Waals surface area (Å²) in [6, 6.07) is -0.307. The SMILES string of the molecule is CC(C)CN1CCC2(CC1)NC(=O)N(C1CCN(C(=O)C3CC3)CC1)C2=O. The maximum absolute atomic E-state index is 13.2. The van der Waals surface area contributed by atoms with Gasteiger partial charge >= 0.3 is 6.03 Å². The zero-order valence-electron chi connectivity index (χ0n) is 16.6. The van der Waals surface area contributed by atoms with Crippen molar-refractivity contribution in [2.24, 2.45) is 11.8 Å². The van der Waals surface area contributed by atoms with Gasteiger partial charge in [-0.25, -0.2) is 4.79 Å². The van der Waals surface area contributed by atoms with E-state index in [-0.39, 0.29) is 29.8 Å². The molecular weight excluding hydrogens is 344 g/mol. The fourth-order valence-electron chi connectivity index (χ4n) is 4.88. The Morgan fingerprint density at radius 1 is 1.07 bits per heavy atom. The summed E-state index contributed by atoms with van der Waals surface area (Å²) >= 11 is 0. The number of urea groups is 1. The molecule has 0 aromatic carbocycles. The van der Waals surface area contributed by atoms with Crippen molar-refractivity contribution < 1.29 is 14.4 Å². The van der Waals surface area contributed by atoms with Crippen molar-refractivity contribution in [1.82, 2.24) is 20.0 Å². The van der Waals surface area contributed by atoms with E-state index in [1.807, 2.05) is 4.90 Å². The fraction of sp³-hybridized carbons (Fsp3) is 0.850. The second kappa shape index (κ2) is 7.08. The second-order valence-electron chi connectivity index (χ2n) is 9.21. The lowest BCUT2D eigenvalue weighted by atomic mass is 9.86. The van der Waals surface area contributed by atoms with Gasteiger partial charge in [-0.15, -0.1) is 0 Å². The molecule has 1 spiro atoms. The summed E-state index contributed by atoms with van der Waals surface area (Å²) in [5, 5.41) is 3.03. The Balaban J connectivity index is 1.35. The van der Waals surface area contributed by atoms with E-state index in [4.69, 9.17) is 0 Å². The first-order valence-electron chi connectivity index (χ1n) is 10.6. The fourth-order valence-corrected chi connectivity index (χ4v) is 4.88. The van der Waals surface area contributed by atoms with Crippen molar-refractivity contribution in [2.75, 3.05) is 32.7 Å². The van der Waals surface area contributed by atoms with Gasteiger partial charge in [0.2, 0.25) is 5.91 Å². The second-order valence-corrected chi connectivity index (χ2v) is 9.21. The molecule has 0 aromatic heterocycles. The number of nitrogens with zero attached hydrogens (tertiary/aromatic N) is 3. The Labute approximate surface area is 161 Å². The molecule has 7 heteroatoms. The van der Waals surface area contributed by atoms with Crippen molar-refractivity contribution >= 4 is 17.8 Å². The first-order valence-corrected chi connectivity index (χ1v) is 10.6. The Morgan fingerprint density at radius 3 is 2.26 bits per heavy atom. The molecular formula is C20H32N4O3. The molecule has 4 fully saturated rings. The molecule has 3 heterocycles. The number of rotatable bonds is 4. The van der Waals surface area contributed by atoms with Gasteiger partial charge in [-0.1, -0.05) is 13.8 Å². The number of hydrogen-bond acceptors (Lipinski definition) is 4. The van der Waals surface area contributed by atoms with Gasteiger partial charge in [0.1, 0.15) is 5.54 Å². The molecule has 4 rings (SSSR count). The van der Waals surface area contributed by atoms with Crippen LogP contribution in [0.1, 0.15) is 52.4 Å². The quantitative estimate of drug-likeness (QED) is 0.754. The predicted molar refractivity (Wildman–Crippen MR) is 101 cm³/mol. The topological polar surface area (TPSA) is 73.0 Å². The summed E-state index contributed by atoms with van der Waals surface area (Å²) in [6.45, 7) is 8.47. The average molecular weight is 377 g/mol. The molecule has 150 valence electrons. The lowest BCUT2D eigenvalue weighted by molar-refractivity contribution is -0.137. The number of piperidine rings is 2. The van der Waals surface area contributed by atoms with Gasteiger partial charge in [0.15, 0.2) is 0 Å². The number of hydrogen-bond donors (Lipinski definition) is 1. The lowest BCUT2D eigenvalue weighted by Gasteiger charge is -2.39. The van der Waals surface area contributed by atoms with E-state index < -0.39 is 5.54 Å². The Bertz CT molecular complexity index is 615. The van der Waals surface area contributed by atoms with Gasteiger partial charge in [-0.05, 0) is 44.4 Å². The van der Waals surface area contributed by atoms with E-state index in [1.54, 1.807) is 0 Å². The van der Waals surface area contributed by atoms with Crippen LogP contribution >= 0.6 is 0 Å². The van der Waals surface area contributed by atoms with Crippen molar-refractivity contribution in [3.05, 3.63) is 0 Å². The molecule has 3 saturated heterocycles. The van der Waals surface area contributed by atoms with Crippen LogP contribution in [0.5, 0.6) is 0 Å². The maximum atomic E-state index is 13.2. The molecule has 4 amide bonds. The first kappa shape index (κ1) is 18.7. The van der Waals surface area contributed by atoms with E-state index in [0.29, 0.717) is 44.7 Å². The molecule has 1 saturated carbocycles. The molecule has 0 unspecified atom stereocenters. The van der Waals surface area contributed by atoms with Crippen LogP contribution in [0.15, 0.2) is 0 Å². The number of likely N-dealkylation sites (tertiary alicyclic amines) is 2. The van der Waals surface area contributed by atoms with E-state index in [1.165, 1.54) is 4.90 Å². The smallest absolute Gasteiger partial charge is 0.325 e. The summed E-state index contributed by atoms with van der Waals surface area (Å²) in [4.78, 5) is 43.9. The summed E-state index contributed by atoms with van der Waals surface area (Å²) in [5.41, 5.74) is -0.703. The maximum Gasteiger partial charge on any atom is 0.325 e. The monoisotopic (exact) mass is 376 g/mol. The van der Waals surface area contributed by atoms with Crippen LogP contribution in [0.2, 0.25) is 0 Å². The molecule has 0 atom stereocenters. The molecule has 0 radical (unpaired) electrons. The molecule has 0 aromatic rings. The Kier molecular flexibility index (Phi) is 4.91. The highest BCUT2D eigenvalue weighted by Gasteiger charge is 2.54. The Morgan fingerprint density at radius 2 is 1.70 bits per heavy atom. The number of amides is 4. The number of imide groups is 1. The third-order valence-electron chi connectivity index (χ3n) is 6.59. The zero-order chi connectivity index (χ0) is 19.2. The van der Waals surface area contributed by atoms with Gasteiger partial charge < -0.3 is 15.1 Å². The normalized spacial score (nSPS) is 26.9. The minimum atomic E-state index is -0.703. The summed E-state index contributed by atoms with van der Waals surface area (Å²) in [6.07, 6.45) is 4.82. The van der Waals surface area contributed by atoms with Crippen molar-refractivity contribution in [1.29, 1.82) is 0 Å². The summed E-state index contributed by atoms with van der Waals surface area (Å²) in [5.74, 6) is 1.06. The lowest BCUT2D eigenvalue weighted by Crippen LogP contribution is -2.56. The van der Waals surface area contributed by atoms with Gasteiger partial charge in [0.25, 0.3) is 5.91 Å². The van der Waals surface area contributed by atoms with E-state index in [9.17, 15) is 14.4 Å². The molecule has 0 bridgehead atoms. The average Bonchev–Trinajstić information content (AvgIpc) is 3.45. The molecule has 1 aliphatic carbocycles. The van der Waals surface area contributed by atoms with Crippen LogP contribution < -0.4 is 5.32 Å². The highest BCUT2D eigenvalue weighted by Crippen LogP contribution is 2.35. The highest BCUT2D eigenvalue weighted by atomic mass is 16.2. The third kappa shape index (κ3) is 3.58. The first-order chi connectivity index (χ1) is 12.9. The standard InChI is InChI=1S/C20H32N4O3/c1-14(2)13-22-11-7-20(8-12-22)18(26)24(19(27)21-20)16-5-9-23(10-6-16)17(25)15-3-4-15/h14-16H,3-13H2,1-2H3,(H,21,27). The molecule has 7 nitrogen and oxygen atoms in total. The van der Waals surface area contributed by atoms with Gasteiger partial charge in [0.05, 0.1) is 0 Å². The van der Waals surface area contributed by atoms with E-state index in [0.717, 1.165) is 32.5 Å². The number of carbonyl (C=O) groups excluding carboxylic acids is 3. The highest BCUT2D eigenvalue weighted by molar-refractivity contribution is 6.07. The largest absolute Gasteiger partial charge is 0.342 e. The third-order valence-corrected chi connectivity index (χ3v) is 6.59. The molecule has 1 N–H and O–H groups in total. The molecule has 3 aliphatic heterocycles. The minimum Gasteiger partial charge on any atom is -0.342 e. The van der Waals surface area contributed by atoms with Crippen LogP contribution in [-0.2, 0) is 9.59 Å². The molecule has 27 heavy (non-hydrogen) atoms. The predicted octanol–water partition coefficient (Wildman–Crippen LogP) is 1.43. The van der Waals surface area contributed by atoms with Crippen LogP contribution in [0, 0.1) is 11.8 Å². The number of nitrogens with one attached hydrogen (secondary N) is 1. The van der Waals surface area contributed by atoms with Crippen molar-refractivity contribution in [3.63, 3.8) is 0 Å². The van der Waals surface area contributed by atoms with Gasteiger partial charge in [-0.3, -0.25) is 14.5 Å². The Hall–Kier alpha value is -1.63. The van der Waals surface area contributed by atoms with Crippen LogP contribution in [-0.4, -0.2) is 76.8 Å².